The molecule has 20 heavy (non-hydrogen) atoms. The van der Waals surface area contributed by atoms with E-state index in [4.69, 9.17) is 5.73 Å². The molecule has 0 aliphatic carbocycles. The van der Waals surface area contributed by atoms with E-state index < -0.39 is 0 Å². The second-order valence-electron chi connectivity index (χ2n) is 5.41. The molecule has 0 saturated heterocycles. The number of anilines is 1. The van der Waals surface area contributed by atoms with Gasteiger partial charge in [0.2, 0.25) is 0 Å². The van der Waals surface area contributed by atoms with Gasteiger partial charge in [0.05, 0.1) is 23.6 Å². The molecule has 2 heterocycles. The third kappa shape index (κ3) is 1.95. The number of nitrogen functional groups attached to an aromatic ring is 1. The van der Waals surface area contributed by atoms with Gasteiger partial charge in [-0.1, -0.05) is 29.8 Å². The lowest BCUT2D eigenvalue weighted by molar-refractivity contribution is 0.798. The van der Waals surface area contributed by atoms with E-state index in [1.165, 1.54) is 22.4 Å². The molecule has 0 aliphatic rings. The summed E-state index contributed by atoms with van der Waals surface area (Å²) in [6, 6.07) is 8.60. The molecule has 0 radical (unpaired) electrons. The lowest BCUT2D eigenvalue weighted by Gasteiger charge is -2.09. The molecule has 3 heteroatoms. The Morgan fingerprint density at radius 1 is 1.15 bits per heavy atom. The number of nitrogens with two attached hydrogens (primary N) is 1. The average molecular weight is 265 g/mol. The maximum Gasteiger partial charge on any atom is 0.0695 e. The van der Waals surface area contributed by atoms with E-state index in [1.54, 1.807) is 6.20 Å². The SMILES string of the molecule is Cc1cccc(Cn2c(C)c(C)c3c(N)cncc32)c1. The predicted octanol–water partition coefficient (Wildman–Crippen LogP) is 3.59. The molecule has 3 aromatic rings. The molecule has 0 aliphatic heterocycles. The van der Waals surface area contributed by atoms with Crippen LogP contribution in [0.15, 0.2) is 36.7 Å². The van der Waals surface area contributed by atoms with Crippen LogP contribution < -0.4 is 5.73 Å². The number of benzene rings is 1. The molecule has 0 unspecified atom stereocenters. The normalized spacial score (nSPS) is 11.2. The zero-order valence-corrected chi connectivity index (χ0v) is 12.1. The van der Waals surface area contributed by atoms with Crippen LogP contribution in [0.3, 0.4) is 0 Å². The van der Waals surface area contributed by atoms with Crippen LogP contribution in [0.4, 0.5) is 5.69 Å². The van der Waals surface area contributed by atoms with Crippen molar-refractivity contribution in [3.05, 3.63) is 59.0 Å². The van der Waals surface area contributed by atoms with Crippen molar-refractivity contribution in [2.75, 3.05) is 5.73 Å². The number of nitrogens with zero attached hydrogens (tertiary/aromatic N) is 2. The fourth-order valence-corrected chi connectivity index (χ4v) is 2.84. The molecule has 102 valence electrons. The van der Waals surface area contributed by atoms with Crippen molar-refractivity contribution in [2.24, 2.45) is 0 Å². The van der Waals surface area contributed by atoms with E-state index in [0.717, 1.165) is 23.1 Å². The second-order valence-corrected chi connectivity index (χ2v) is 5.41. The molecular formula is C17H19N3. The van der Waals surface area contributed by atoms with Gasteiger partial charge in [-0.2, -0.15) is 0 Å². The van der Waals surface area contributed by atoms with Crippen molar-refractivity contribution in [1.82, 2.24) is 9.55 Å². The van der Waals surface area contributed by atoms with Crippen LogP contribution in [0, 0.1) is 20.8 Å². The Balaban J connectivity index is 2.17. The maximum absolute atomic E-state index is 6.08. The van der Waals surface area contributed by atoms with Crippen molar-refractivity contribution >= 4 is 16.6 Å². The molecule has 0 fully saturated rings. The van der Waals surface area contributed by atoms with Crippen LogP contribution in [0.2, 0.25) is 0 Å². The highest BCUT2D eigenvalue weighted by molar-refractivity contribution is 5.94. The molecule has 0 spiro atoms. The van der Waals surface area contributed by atoms with Crippen LogP contribution in [0.1, 0.15) is 22.4 Å². The molecule has 2 N–H and O–H groups in total. The summed E-state index contributed by atoms with van der Waals surface area (Å²) in [4.78, 5) is 4.24. The summed E-state index contributed by atoms with van der Waals surface area (Å²) in [6.45, 7) is 7.24. The Morgan fingerprint density at radius 3 is 2.70 bits per heavy atom. The summed E-state index contributed by atoms with van der Waals surface area (Å²) >= 11 is 0. The number of fused-ring (bicyclic) bond motifs is 1. The van der Waals surface area contributed by atoms with Crippen LogP contribution in [0.25, 0.3) is 10.9 Å². The quantitative estimate of drug-likeness (QED) is 0.769. The minimum absolute atomic E-state index is 0.756. The van der Waals surface area contributed by atoms with Crippen LogP contribution in [-0.4, -0.2) is 9.55 Å². The Kier molecular flexibility index (Phi) is 2.97. The monoisotopic (exact) mass is 265 g/mol. The van der Waals surface area contributed by atoms with Gasteiger partial charge < -0.3 is 10.3 Å². The number of pyridine rings is 1. The van der Waals surface area contributed by atoms with Crippen LogP contribution in [0.5, 0.6) is 0 Å². The Bertz CT molecular complexity index is 784. The summed E-state index contributed by atoms with van der Waals surface area (Å²) in [5, 5.41) is 1.13. The highest BCUT2D eigenvalue weighted by Gasteiger charge is 2.13. The molecule has 1 aromatic carbocycles. The molecule has 3 nitrogen and oxygen atoms in total. The van der Waals surface area contributed by atoms with Gasteiger partial charge in [0.25, 0.3) is 0 Å². The fraction of sp³-hybridized carbons (Fsp3) is 0.235. The van der Waals surface area contributed by atoms with E-state index in [2.05, 4.69) is 54.6 Å². The van der Waals surface area contributed by atoms with Gasteiger partial charge in [0, 0.05) is 17.6 Å². The first kappa shape index (κ1) is 12.7. The minimum atomic E-state index is 0.756. The lowest BCUT2D eigenvalue weighted by Crippen LogP contribution is -2.02. The first-order valence-electron chi connectivity index (χ1n) is 6.82. The highest BCUT2D eigenvalue weighted by atomic mass is 15.0. The Labute approximate surface area is 119 Å². The van der Waals surface area contributed by atoms with Crippen molar-refractivity contribution < 1.29 is 0 Å². The van der Waals surface area contributed by atoms with Gasteiger partial charge in [-0.25, -0.2) is 0 Å². The molecule has 3 rings (SSSR count). The van der Waals surface area contributed by atoms with E-state index in [9.17, 15) is 0 Å². The molecule has 0 amide bonds. The van der Waals surface area contributed by atoms with Gasteiger partial charge in [-0.05, 0) is 31.9 Å². The second kappa shape index (κ2) is 4.67. The van der Waals surface area contributed by atoms with Gasteiger partial charge >= 0.3 is 0 Å². The predicted molar refractivity (Wildman–Crippen MR) is 83.9 cm³/mol. The van der Waals surface area contributed by atoms with Crippen molar-refractivity contribution in [3.63, 3.8) is 0 Å². The standard InChI is InChI=1S/C17H19N3/c1-11-5-4-6-14(7-11)10-20-13(3)12(2)17-15(18)8-19-9-16(17)20/h4-9H,10,18H2,1-3H3. The van der Waals surface area contributed by atoms with Gasteiger partial charge in [0.1, 0.15) is 0 Å². The zero-order chi connectivity index (χ0) is 14.3. The van der Waals surface area contributed by atoms with Gasteiger partial charge in [-0.15, -0.1) is 0 Å². The minimum Gasteiger partial charge on any atom is -0.397 e. The summed E-state index contributed by atoms with van der Waals surface area (Å²) in [7, 11) is 0. The van der Waals surface area contributed by atoms with E-state index in [-0.39, 0.29) is 0 Å². The summed E-state index contributed by atoms with van der Waals surface area (Å²) in [5.74, 6) is 0. The van der Waals surface area contributed by atoms with Crippen LogP contribution >= 0.6 is 0 Å². The average Bonchev–Trinajstić information content (AvgIpc) is 2.65. The highest BCUT2D eigenvalue weighted by Crippen LogP contribution is 2.29. The number of rotatable bonds is 2. The Morgan fingerprint density at radius 2 is 1.95 bits per heavy atom. The van der Waals surface area contributed by atoms with E-state index in [1.807, 2.05) is 6.20 Å². The molecule has 0 saturated carbocycles. The Hall–Kier alpha value is -2.29. The van der Waals surface area contributed by atoms with Gasteiger partial charge in [-0.3, -0.25) is 4.98 Å². The van der Waals surface area contributed by atoms with Crippen molar-refractivity contribution in [3.8, 4) is 0 Å². The first-order valence-corrected chi connectivity index (χ1v) is 6.82. The largest absolute Gasteiger partial charge is 0.397 e. The summed E-state index contributed by atoms with van der Waals surface area (Å²) < 4.78 is 2.29. The molecule has 0 atom stereocenters. The van der Waals surface area contributed by atoms with Crippen molar-refractivity contribution in [1.29, 1.82) is 0 Å². The fourth-order valence-electron chi connectivity index (χ4n) is 2.84. The maximum atomic E-state index is 6.08. The van der Waals surface area contributed by atoms with E-state index in [0.29, 0.717) is 0 Å². The summed E-state index contributed by atoms with van der Waals surface area (Å²) in [5.41, 5.74) is 13.0. The third-order valence-corrected chi connectivity index (χ3v) is 3.99. The van der Waals surface area contributed by atoms with E-state index >= 15 is 0 Å². The molecular weight excluding hydrogens is 246 g/mol. The molecule has 2 aromatic heterocycles. The lowest BCUT2D eigenvalue weighted by atomic mass is 10.1. The van der Waals surface area contributed by atoms with Gasteiger partial charge in [0.15, 0.2) is 0 Å². The third-order valence-electron chi connectivity index (χ3n) is 3.99. The summed E-state index contributed by atoms with van der Waals surface area (Å²) in [6.07, 6.45) is 3.63. The van der Waals surface area contributed by atoms with Crippen molar-refractivity contribution in [2.45, 2.75) is 27.3 Å². The topological polar surface area (TPSA) is 43.8 Å². The zero-order valence-electron chi connectivity index (χ0n) is 12.1. The number of hydrogen-bond donors (Lipinski definition) is 1. The first-order chi connectivity index (χ1) is 9.58. The molecule has 0 bridgehead atoms. The smallest absolute Gasteiger partial charge is 0.0695 e. The van der Waals surface area contributed by atoms with Crippen LogP contribution in [-0.2, 0) is 6.54 Å². The number of aromatic nitrogens is 2. The number of aryl methyl sites for hydroxylation is 2. The number of hydrogen-bond acceptors (Lipinski definition) is 2.